The van der Waals surface area contributed by atoms with E-state index in [1.54, 1.807) is 0 Å². The third-order valence-corrected chi connectivity index (χ3v) is 5.86. The third kappa shape index (κ3) is 2.37. The molecule has 0 radical (unpaired) electrons. The molecule has 0 bridgehead atoms. The van der Waals surface area contributed by atoms with Crippen LogP contribution in [-0.2, 0) is 4.79 Å². The number of amides is 1. The number of nitrogens with zero attached hydrogens (tertiary/aromatic N) is 2. The van der Waals surface area contributed by atoms with Gasteiger partial charge in [0.05, 0.1) is 5.54 Å². The van der Waals surface area contributed by atoms with Crippen molar-refractivity contribution in [2.75, 3.05) is 20.3 Å². The maximum Gasteiger partial charge on any atom is 0.243 e. The van der Waals surface area contributed by atoms with Crippen LogP contribution < -0.4 is 0 Å². The number of rotatable bonds is 3. The molecule has 4 heteroatoms. The van der Waals surface area contributed by atoms with Crippen molar-refractivity contribution >= 4 is 14.6 Å². The van der Waals surface area contributed by atoms with Crippen LogP contribution in [-0.4, -0.2) is 47.3 Å². The first-order chi connectivity index (χ1) is 7.87. The van der Waals surface area contributed by atoms with Crippen LogP contribution in [0.1, 0.15) is 33.6 Å². The van der Waals surface area contributed by atoms with E-state index in [0.717, 1.165) is 18.4 Å². The molecule has 2 fully saturated rings. The fourth-order valence-corrected chi connectivity index (χ4v) is 3.53. The summed E-state index contributed by atoms with van der Waals surface area (Å²) in [6.07, 6.45) is 2.56. The fourth-order valence-electron chi connectivity index (χ4n) is 2.88. The number of carbonyl (C=O) groups is 1. The molecule has 2 aliphatic rings. The highest BCUT2D eigenvalue weighted by Gasteiger charge is 2.48. The first kappa shape index (κ1) is 13.3. The van der Waals surface area contributed by atoms with Crippen LogP contribution in [0.25, 0.3) is 0 Å². The number of hydrogen-bond acceptors (Lipinski definition) is 2. The van der Waals surface area contributed by atoms with Crippen molar-refractivity contribution in [3.05, 3.63) is 0 Å². The maximum absolute atomic E-state index is 12.7. The molecule has 1 heterocycles. The Morgan fingerprint density at radius 2 is 2.00 bits per heavy atom. The molecule has 1 saturated heterocycles. The van der Waals surface area contributed by atoms with E-state index in [1.165, 1.54) is 12.8 Å². The zero-order chi connectivity index (χ0) is 12.8. The molecule has 4 atom stereocenters. The highest BCUT2D eigenvalue weighted by molar-refractivity contribution is 7.34. The highest BCUT2D eigenvalue weighted by Crippen LogP contribution is 2.47. The van der Waals surface area contributed by atoms with Gasteiger partial charge < -0.3 is 4.90 Å². The molecular formula is C13H25N2OP. The van der Waals surface area contributed by atoms with Crippen LogP contribution >= 0.6 is 8.73 Å². The van der Waals surface area contributed by atoms with Crippen LogP contribution in [0, 0.1) is 11.8 Å². The Morgan fingerprint density at radius 1 is 1.35 bits per heavy atom. The lowest BCUT2D eigenvalue weighted by molar-refractivity contribution is -0.143. The lowest BCUT2D eigenvalue weighted by Gasteiger charge is -2.42. The molecule has 1 saturated carbocycles. The molecule has 0 aromatic heterocycles. The van der Waals surface area contributed by atoms with Gasteiger partial charge in [-0.25, -0.2) is 0 Å². The molecular weight excluding hydrogens is 231 g/mol. The molecule has 2 rings (SSSR count). The molecule has 0 spiro atoms. The van der Waals surface area contributed by atoms with E-state index in [2.05, 4.69) is 37.0 Å². The zero-order valence-electron chi connectivity index (χ0n) is 11.7. The van der Waals surface area contributed by atoms with Gasteiger partial charge in [-0.05, 0) is 59.2 Å². The minimum Gasteiger partial charge on any atom is -0.338 e. The maximum atomic E-state index is 12.7. The lowest BCUT2D eigenvalue weighted by Crippen LogP contribution is -2.56. The Balaban J connectivity index is 2.08. The van der Waals surface area contributed by atoms with Gasteiger partial charge in [-0.2, -0.15) is 0 Å². The van der Waals surface area contributed by atoms with E-state index in [1.807, 2.05) is 7.05 Å². The molecule has 0 aromatic carbocycles. The van der Waals surface area contributed by atoms with Gasteiger partial charge in [-0.3, -0.25) is 9.46 Å². The Kier molecular flexibility index (Phi) is 3.53. The SMILES string of the molecule is CPN(C)C(C)(C)C(=O)N1CC2CC2CC1C. The monoisotopic (exact) mass is 256 g/mol. The van der Waals surface area contributed by atoms with E-state index < -0.39 is 0 Å². The predicted molar refractivity (Wildman–Crippen MR) is 73.5 cm³/mol. The summed E-state index contributed by atoms with van der Waals surface area (Å²) in [6, 6.07) is 0.430. The predicted octanol–water partition coefficient (Wildman–Crippen LogP) is 2.18. The summed E-state index contributed by atoms with van der Waals surface area (Å²) in [5, 5.41) is 0. The van der Waals surface area contributed by atoms with Gasteiger partial charge >= 0.3 is 0 Å². The average Bonchev–Trinajstić information content (AvgIpc) is 3.03. The summed E-state index contributed by atoms with van der Waals surface area (Å²) in [4.78, 5) is 14.8. The number of likely N-dealkylation sites (N-methyl/N-ethyl adjacent to an activating group) is 1. The topological polar surface area (TPSA) is 23.6 Å². The van der Waals surface area contributed by atoms with Gasteiger partial charge in [0, 0.05) is 12.6 Å². The van der Waals surface area contributed by atoms with E-state index in [0.29, 0.717) is 20.7 Å². The summed E-state index contributed by atoms with van der Waals surface area (Å²) in [5.41, 5.74) is -0.358. The van der Waals surface area contributed by atoms with Gasteiger partial charge in [-0.15, -0.1) is 0 Å². The Bertz CT molecular complexity index is 319. The van der Waals surface area contributed by atoms with Crippen molar-refractivity contribution in [2.45, 2.75) is 45.2 Å². The molecule has 1 amide bonds. The highest BCUT2D eigenvalue weighted by atomic mass is 31.1. The van der Waals surface area contributed by atoms with E-state index in [4.69, 9.17) is 0 Å². The second-order valence-electron chi connectivity index (χ2n) is 6.14. The Morgan fingerprint density at radius 3 is 2.59 bits per heavy atom. The van der Waals surface area contributed by atoms with Crippen LogP contribution in [0.5, 0.6) is 0 Å². The van der Waals surface area contributed by atoms with Crippen molar-refractivity contribution in [3.63, 3.8) is 0 Å². The molecule has 3 nitrogen and oxygen atoms in total. The van der Waals surface area contributed by atoms with Gasteiger partial charge in [0.15, 0.2) is 0 Å². The normalized spacial score (nSPS) is 33.3. The first-order valence-corrected chi connectivity index (χ1v) is 8.05. The number of piperidine rings is 1. The van der Waals surface area contributed by atoms with Crippen molar-refractivity contribution in [2.24, 2.45) is 11.8 Å². The van der Waals surface area contributed by atoms with E-state index in [-0.39, 0.29) is 5.54 Å². The van der Waals surface area contributed by atoms with Crippen LogP contribution in [0.3, 0.4) is 0 Å². The van der Waals surface area contributed by atoms with Crippen LogP contribution in [0.15, 0.2) is 0 Å². The lowest BCUT2D eigenvalue weighted by atomic mass is 9.97. The molecule has 4 unspecified atom stereocenters. The standard InChI is InChI=1S/C13H25N2OP/c1-9-6-10-7-11(10)8-15(9)12(16)13(2,3)14(4)17-5/h9-11,17H,6-8H2,1-5H3. The van der Waals surface area contributed by atoms with Gasteiger partial charge in [0.1, 0.15) is 0 Å². The largest absolute Gasteiger partial charge is 0.338 e. The van der Waals surface area contributed by atoms with Crippen LogP contribution in [0.2, 0.25) is 0 Å². The summed E-state index contributed by atoms with van der Waals surface area (Å²) >= 11 is 0. The van der Waals surface area contributed by atoms with E-state index in [9.17, 15) is 4.79 Å². The molecule has 0 N–H and O–H groups in total. The van der Waals surface area contributed by atoms with Crippen molar-refractivity contribution in [1.82, 2.24) is 9.57 Å². The molecule has 17 heavy (non-hydrogen) atoms. The average molecular weight is 256 g/mol. The van der Waals surface area contributed by atoms with E-state index >= 15 is 0 Å². The molecule has 1 aliphatic heterocycles. The van der Waals surface area contributed by atoms with Gasteiger partial charge in [-0.1, -0.05) is 8.73 Å². The second-order valence-corrected chi connectivity index (χ2v) is 7.26. The fraction of sp³-hybridized carbons (Fsp3) is 0.923. The summed E-state index contributed by atoms with van der Waals surface area (Å²) < 4.78 is 2.17. The minimum absolute atomic E-state index is 0.312. The van der Waals surface area contributed by atoms with Gasteiger partial charge in [0.25, 0.3) is 0 Å². The minimum atomic E-state index is -0.358. The Labute approximate surface area is 107 Å². The summed E-state index contributed by atoms with van der Waals surface area (Å²) in [6.45, 7) is 9.44. The van der Waals surface area contributed by atoms with Crippen molar-refractivity contribution < 1.29 is 4.79 Å². The molecule has 1 aliphatic carbocycles. The van der Waals surface area contributed by atoms with Crippen LogP contribution in [0.4, 0.5) is 0 Å². The number of carbonyl (C=O) groups excluding carboxylic acids is 1. The first-order valence-electron chi connectivity index (χ1n) is 6.60. The number of fused-ring (bicyclic) bond motifs is 1. The zero-order valence-corrected chi connectivity index (χ0v) is 12.7. The van der Waals surface area contributed by atoms with Crippen molar-refractivity contribution in [3.8, 4) is 0 Å². The molecule has 0 aromatic rings. The quantitative estimate of drug-likeness (QED) is 0.723. The van der Waals surface area contributed by atoms with Gasteiger partial charge in [0.2, 0.25) is 5.91 Å². The van der Waals surface area contributed by atoms with Crippen molar-refractivity contribution in [1.29, 1.82) is 0 Å². The number of hydrogen-bond donors (Lipinski definition) is 0. The summed E-state index contributed by atoms with van der Waals surface area (Å²) in [7, 11) is 2.72. The third-order valence-electron chi connectivity index (χ3n) is 4.63. The molecule has 98 valence electrons. The smallest absolute Gasteiger partial charge is 0.243 e. The number of likely N-dealkylation sites (tertiary alicyclic amines) is 1. The summed E-state index contributed by atoms with van der Waals surface area (Å²) in [5.74, 6) is 2.04. The second kappa shape index (κ2) is 4.51. The Hall–Kier alpha value is -0.140.